The molecule has 2 aliphatic heterocycles. The molecule has 6 heteroatoms. The summed E-state index contributed by atoms with van der Waals surface area (Å²) in [6.07, 6.45) is 2.74. The van der Waals surface area contributed by atoms with Crippen LogP contribution in [0.15, 0.2) is 24.3 Å². The zero-order valence-electron chi connectivity index (χ0n) is 12.9. The molecule has 0 aromatic heterocycles. The highest BCUT2D eigenvalue weighted by Crippen LogP contribution is 2.30. The summed E-state index contributed by atoms with van der Waals surface area (Å²) in [6.45, 7) is 2.94. The van der Waals surface area contributed by atoms with E-state index in [9.17, 15) is 0 Å². The van der Waals surface area contributed by atoms with Gasteiger partial charge in [-0.05, 0) is 24.7 Å². The molecule has 0 N–H and O–H groups in total. The Balaban J connectivity index is 1.62. The maximum Gasteiger partial charge on any atom is 0.138 e. The summed E-state index contributed by atoms with van der Waals surface area (Å²) in [7, 11) is 1.73. The lowest BCUT2D eigenvalue weighted by molar-refractivity contribution is 0.206. The van der Waals surface area contributed by atoms with E-state index in [4.69, 9.17) is 17.0 Å². The minimum absolute atomic E-state index is 0.806. The molecule has 3 rings (SSSR count). The normalized spacial score (nSPS) is 23.0. The quantitative estimate of drug-likeness (QED) is 0.745. The molecule has 0 spiro atoms. The van der Waals surface area contributed by atoms with Gasteiger partial charge < -0.3 is 9.64 Å². The van der Waals surface area contributed by atoms with E-state index in [2.05, 4.69) is 33.7 Å². The van der Waals surface area contributed by atoms with Gasteiger partial charge in [-0.15, -0.1) is 0 Å². The second-order valence-corrected chi connectivity index (χ2v) is 8.67. The molecule has 0 saturated carbocycles. The summed E-state index contributed by atoms with van der Waals surface area (Å²) >= 11 is 9.47. The average Bonchev–Trinajstić information content (AvgIpc) is 3.04. The Morgan fingerprint density at radius 2 is 2.23 bits per heavy atom. The van der Waals surface area contributed by atoms with Crippen LogP contribution in [0.25, 0.3) is 0 Å². The van der Waals surface area contributed by atoms with E-state index in [-0.39, 0.29) is 0 Å². The molecular weight excluding hydrogens is 332 g/mol. The first kappa shape index (κ1) is 16.4. The van der Waals surface area contributed by atoms with Crippen molar-refractivity contribution in [2.75, 3.05) is 32.0 Å². The lowest BCUT2D eigenvalue weighted by Crippen LogP contribution is -2.46. The smallest absolute Gasteiger partial charge is 0.138 e. The number of ether oxygens (including phenoxy) is 1. The molecule has 0 aliphatic carbocycles. The predicted molar refractivity (Wildman–Crippen MR) is 101 cm³/mol. The maximum atomic E-state index is 5.56. The van der Waals surface area contributed by atoms with Crippen molar-refractivity contribution >= 4 is 40.1 Å². The van der Waals surface area contributed by atoms with Gasteiger partial charge in [0.1, 0.15) is 10.1 Å². The van der Waals surface area contributed by atoms with Crippen LogP contribution in [0.5, 0.6) is 5.75 Å². The molecule has 1 atom stereocenters. The molecule has 1 aromatic carbocycles. The summed E-state index contributed by atoms with van der Waals surface area (Å²) in [5.41, 5.74) is 1.20. The topological polar surface area (TPSA) is 15.7 Å². The lowest BCUT2D eigenvalue weighted by atomic mass is 10.2. The Labute approximate surface area is 146 Å². The van der Waals surface area contributed by atoms with E-state index in [1.165, 1.54) is 30.7 Å². The third-order valence-corrected chi connectivity index (χ3v) is 7.03. The molecule has 1 unspecified atom stereocenters. The van der Waals surface area contributed by atoms with Crippen LogP contribution in [0, 0.1) is 0 Å². The number of para-hydroxylation sites is 1. The first-order valence-corrected chi connectivity index (χ1v) is 10.1. The number of benzene rings is 1. The van der Waals surface area contributed by atoms with Crippen molar-refractivity contribution in [3.05, 3.63) is 29.8 Å². The molecule has 2 saturated heterocycles. The van der Waals surface area contributed by atoms with Gasteiger partial charge in [0.05, 0.1) is 19.7 Å². The number of thioether (sulfide) groups is 2. The Hall–Kier alpha value is -0.430. The number of nitrogens with zero attached hydrogens (tertiary/aromatic N) is 2. The van der Waals surface area contributed by atoms with E-state index < -0.39 is 0 Å². The van der Waals surface area contributed by atoms with E-state index in [0.717, 1.165) is 34.4 Å². The van der Waals surface area contributed by atoms with Gasteiger partial charge in [0.25, 0.3) is 0 Å². The highest BCUT2D eigenvalue weighted by Gasteiger charge is 2.26. The van der Waals surface area contributed by atoms with Crippen LogP contribution in [0.1, 0.15) is 18.4 Å². The minimum atomic E-state index is 0.806. The molecule has 0 amide bonds. The molecule has 2 heterocycles. The van der Waals surface area contributed by atoms with Crippen LogP contribution in [0.4, 0.5) is 0 Å². The Bertz CT molecular complexity index is 520. The highest BCUT2D eigenvalue weighted by molar-refractivity contribution is 8.22. The second-order valence-electron chi connectivity index (χ2n) is 5.68. The van der Waals surface area contributed by atoms with Crippen molar-refractivity contribution in [2.45, 2.75) is 24.6 Å². The summed E-state index contributed by atoms with van der Waals surface area (Å²) in [5, 5.41) is 0.806. The van der Waals surface area contributed by atoms with Crippen LogP contribution >= 0.6 is 35.7 Å². The molecule has 0 radical (unpaired) electrons. The molecule has 1 aromatic rings. The number of thiocarbonyl (C=S) groups is 1. The van der Waals surface area contributed by atoms with Gasteiger partial charge in [-0.1, -0.05) is 42.2 Å². The van der Waals surface area contributed by atoms with E-state index in [1.807, 2.05) is 12.1 Å². The predicted octanol–water partition coefficient (Wildman–Crippen LogP) is 3.64. The fourth-order valence-corrected chi connectivity index (χ4v) is 5.30. The van der Waals surface area contributed by atoms with Gasteiger partial charge in [0.15, 0.2) is 0 Å². The molecule has 120 valence electrons. The van der Waals surface area contributed by atoms with Crippen molar-refractivity contribution in [1.29, 1.82) is 0 Å². The van der Waals surface area contributed by atoms with Crippen molar-refractivity contribution in [2.24, 2.45) is 0 Å². The monoisotopic (exact) mass is 354 g/mol. The molecule has 2 aliphatic rings. The van der Waals surface area contributed by atoms with Crippen molar-refractivity contribution in [3.8, 4) is 5.75 Å². The summed E-state index contributed by atoms with van der Waals surface area (Å²) in [6, 6.07) is 8.21. The molecule has 3 nitrogen and oxygen atoms in total. The van der Waals surface area contributed by atoms with E-state index in [1.54, 1.807) is 18.9 Å². The number of hydrogen-bond acceptors (Lipinski definition) is 5. The van der Waals surface area contributed by atoms with Gasteiger partial charge in [0, 0.05) is 23.9 Å². The van der Waals surface area contributed by atoms with Crippen LogP contribution in [-0.4, -0.2) is 51.3 Å². The fraction of sp³-hybridized carbons (Fsp3) is 0.562. The van der Waals surface area contributed by atoms with Crippen LogP contribution in [0.2, 0.25) is 0 Å². The van der Waals surface area contributed by atoms with Crippen LogP contribution < -0.4 is 4.74 Å². The average molecular weight is 355 g/mol. The van der Waals surface area contributed by atoms with Gasteiger partial charge >= 0.3 is 0 Å². The van der Waals surface area contributed by atoms with Gasteiger partial charge in [-0.3, -0.25) is 4.90 Å². The third kappa shape index (κ3) is 4.10. The van der Waals surface area contributed by atoms with Gasteiger partial charge in [-0.25, -0.2) is 0 Å². The maximum absolute atomic E-state index is 5.56. The zero-order valence-corrected chi connectivity index (χ0v) is 15.3. The minimum Gasteiger partial charge on any atom is -0.496 e. The molecule has 0 bridgehead atoms. The summed E-state index contributed by atoms with van der Waals surface area (Å²) in [5.74, 6) is 3.30. The molecular formula is C16H22N2OS3. The van der Waals surface area contributed by atoms with Crippen molar-refractivity contribution < 1.29 is 4.74 Å². The first-order valence-electron chi connectivity index (χ1n) is 7.64. The van der Waals surface area contributed by atoms with Gasteiger partial charge in [-0.2, -0.15) is 11.8 Å². The third-order valence-electron chi connectivity index (χ3n) is 4.04. The van der Waals surface area contributed by atoms with Gasteiger partial charge in [0.2, 0.25) is 0 Å². The number of rotatable bonds is 5. The Morgan fingerprint density at radius 3 is 3.00 bits per heavy atom. The Kier molecular flexibility index (Phi) is 5.90. The first-order chi connectivity index (χ1) is 10.8. The zero-order chi connectivity index (χ0) is 15.4. The van der Waals surface area contributed by atoms with Crippen LogP contribution in [-0.2, 0) is 6.54 Å². The number of methoxy groups -OCH3 is 1. The van der Waals surface area contributed by atoms with Crippen LogP contribution in [0.3, 0.4) is 0 Å². The highest BCUT2D eigenvalue weighted by atomic mass is 32.2. The number of hydrogen-bond donors (Lipinski definition) is 0. The largest absolute Gasteiger partial charge is 0.496 e. The molecule has 2 fully saturated rings. The standard InChI is InChI=1S/C16H22N2OS3/c1-19-15-7-3-2-5-13(15)9-18-11-17(12-22-16(18)20)10-14-6-4-8-21-14/h2-3,5,7,14H,4,6,8-12H2,1H3. The van der Waals surface area contributed by atoms with E-state index in [0.29, 0.717) is 0 Å². The second kappa shape index (κ2) is 7.90. The summed E-state index contributed by atoms with van der Waals surface area (Å²) in [4.78, 5) is 4.82. The van der Waals surface area contributed by atoms with Crippen molar-refractivity contribution in [1.82, 2.24) is 9.80 Å². The Morgan fingerprint density at radius 1 is 1.36 bits per heavy atom. The van der Waals surface area contributed by atoms with E-state index >= 15 is 0 Å². The van der Waals surface area contributed by atoms with Crippen molar-refractivity contribution in [3.63, 3.8) is 0 Å². The fourth-order valence-electron chi connectivity index (χ4n) is 2.92. The molecule has 22 heavy (non-hydrogen) atoms. The summed E-state index contributed by atoms with van der Waals surface area (Å²) < 4.78 is 6.46. The lowest BCUT2D eigenvalue weighted by Gasteiger charge is -2.37. The SMILES string of the molecule is COc1ccccc1CN1CN(CC2CCCS2)CSC1=S.